The van der Waals surface area contributed by atoms with Crippen LogP contribution in [0.1, 0.15) is 38.3 Å². The van der Waals surface area contributed by atoms with Gasteiger partial charge in [-0.25, -0.2) is 0 Å². The van der Waals surface area contributed by atoms with Gasteiger partial charge in [0.15, 0.2) is 5.78 Å². The quantitative estimate of drug-likeness (QED) is 0.736. The molecule has 0 aliphatic rings. The zero-order chi connectivity index (χ0) is 18.9. The fourth-order valence-corrected chi connectivity index (χ4v) is 2.88. The van der Waals surface area contributed by atoms with E-state index in [9.17, 15) is 9.90 Å². The number of aromatic hydroxyl groups is 1. The summed E-state index contributed by atoms with van der Waals surface area (Å²) in [6, 6.07) is 11.2. The highest BCUT2D eigenvalue weighted by molar-refractivity contribution is 5.79. The van der Waals surface area contributed by atoms with E-state index in [0.29, 0.717) is 12.1 Å². The molecule has 0 fully saturated rings. The number of aliphatic hydroxyl groups excluding tert-OH is 1. The lowest BCUT2D eigenvalue weighted by molar-refractivity contribution is -0.121. The van der Waals surface area contributed by atoms with Crippen LogP contribution in [0, 0.1) is 0 Å². The topological polar surface area (TPSA) is 88.2 Å². The molecule has 2 N–H and O–H groups in total. The Kier molecular flexibility index (Phi) is 4.78. The molecule has 6 heteroatoms. The van der Waals surface area contributed by atoms with E-state index in [1.165, 1.54) is 4.80 Å². The minimum atomic E-state index is -0.455. The maximum absolute atomic E-state index is 11.5. The van der Waals surface area contributed by atoms with E-state index in [4.69, 9.17) is 5.11 Å². The summed E-state index contributed by atoms with van der Waals surface area (Å²) in [5, 5.41) is 28.7. The number of carbonyl (C=O) groups excluding carboxylic acids is 1. The van der Waals surface area contributed by atoms with Crippen molar-refractivity contribution in [3.8, 4) is 11.4 Å². The fourth-order valence-electron chi connectivity index (χ4n) is 2.88. The van der Waals surface area contributed by atoms with Gasteiger partial charge in [0.1, 0.15) is 29.1 Å². The van der Waals surface area contributed by atoms with E-state index in [1.807, 2.05) is 51.1 Å². The average Bonchev–Trinajstić information content (AvgIpc) is 3.03. The maximum atomic E-state index is 11.5. The lowest BCUT2D eigenvalue weighted by Gasteiger charge is -2.23. The maximum Gasteiger partial charge on any atom is 0.158 e. The Morgan fingerprint density at radius 3 is 2.27 bits per heavy atom. The van der Waals surface area contributed by atoms with E-state index in [1.54, 1.807) is 6.07 Å². The molecule has 0 unspecified atom stereocenters. The van der Waals surface area contributed by atoms with Crippen molar-refractivity contribution < 1.29 is 15.0 Å². The molecule has 0 aliphatic carbocycles. The number of ketones is 1. The number of nitrogens with zero attached hydrogens (tertiary/aromatic N) is 3. The third kappa shape index (κ3) is 3.60. The molecule has 3 rings (SSSR count). The Morgan fingerprint density at radius 2 is 1.73 bits per heavy atom. The van der Waals surface area contributed by atoms with Crippen LogP contribution in [0.5, 0.6) is 5.75 Å². The number of aromatic nitrogens is 3. The SMILES string of the molecule is CC(C)(C)c1cc(CCC(=O)CO)cc(-n2nc3ccccc3n2)c1O. The molecule has 0 radical (unpaired) electrons. The van der Waals surface area contributed by atoms with Crippen LogP contribution in [0.2, 0.25) is 0 Å². The molecule has 26 heavy (non-hydrogen) atoms. The van der Waals surface area contributed by atoms with Crippen LogP contribution < -0.4 is 0 Å². The normalized spacial score (nSPS) is 11.8. The smallest absolute Gasteiger partial charge is 0.158 e. The van der Waals surface area contributed by atoms with Gasteiger partial charge in [0.2, 0.25) is 0 Å². The molecule has 0 bridgehead atoms. The van der Waals surface area contributed by atoms with Crippen molar-refractivity contribution in [2.75, 3.05) is 6.61 Å². The number of rotatable bonds is 5. The number of hydrogen-bond acceptors (Lipinski definition) is 5. The van der Waals surface area contributed by atoms with Crippen molar-refractivity contribution in [2.45, 2.75) is 39.0 Å². The summed E-state index contributed by atoms with van der Waals surface area (Å²) in [4.78, 5) is 12.9. The van der Waals surface area contributed by atoms with Gasteiger partial charge in [-0.15, -0.1) is 15.0 Å². The molecule has 0 amide bonds. The molecule has 0 spiro atoms. The summed E-state index contributed by atoms with van der Waals surface area (Å²) in [6.45, 7) is 5.59. The summed E-state index contributed by atoms with van der Waals surface area (Å²) < 4.78 is 0. The van der Waals surface area contributed by atoms with Crippen molar-refractivity contribution in [1.29, 1.82) is 0 Å². The Hall–Kier alpha value is -2.73. The van der Waals surface area contributed by atoms with Crippen LogP contribution in [0.25, 0.3) is 16.7 Å². The lowest BCUT2D eigenvalue weighted by atomic mass is 9.84. The first-order valence-corrected chi connectivity index (χ1v) is 8.61. The summed E-state index contributed by atoms with van der Waals surface area (Å²) in [5.74, 6) is -0.0741. The third-order valence-electron chi connectivity index (χ3n) is 4.33. The minimum absolute atomic E-state index is 0.134. The fraction of sp³-hybridized carbons (Fsp3) is 0.350. The van der Waals surface area contributed by atoms with E-state index in [0.717, 1.165) is 22.2 Å². The molecule has 0 aliphatic heterocycles. The van der Waals surface area contributed by atoms with Crippen LogP contribution in [0.3, 0.4) is 0 Å². The second-order valence-corrected chi connectivity index (χ2v) is 7.44. The van der Waals surface area contributed by atoms with Gasteiger partial charge in [0, 0.05) is 12.0 Å². The molecule has 6 nitrogen and oxygen atoms in total. The van der Waals surface area contributed by atoms with Crippen molar-refractivity contribution in [3.05, 3.63) is 47.5 Å². The van der Waals surface area contributed by atoms with Crippen molar-refractivity contribution in [3.63, 3.8) is 0 Å². The molecule has 1 heterocycles. The lowest BCUT2D eigenvalue weighted by Crippen LogP contribution is -2.14. The van der Waals surface area contributed by atoms with Crippen molar-refractivity contribution in [2.24, 2.45) is 0 Å². The number of aryl methyl sites for hydroxylation is 1. The largest absolute Gasteiger partial charge is 0.505 e. The second-order valence-electron chi connectivity index (χ2n) is 7.44. The number of benzene rings is 2. The first-order chi connectivity index (χ1) is 12.3. The zero-order valence-corrected chi connectivity index (χ0v) is 15.2. The molecular weight excluding hydrogens is 330 g/mol. The van der Waals surface area contributed by atoms with Gasteiger partial charge in [-0.05, 0) is 35.6 Å². The van der Waals surface area contributed by atoms with E-state index >= 15 is 0 Å². The molecule has 3 aromatic rings. The van der Waals surface area contributed by atoms with Gasteiger partial charge in [0.05, 0.1) is 0 Å². The van der Waals surface area contributed by atoms with Crippen LogP contribution in [-0.2, 0) is 16.6 Å². The second kappa shape index (κ2) is 6.88. The number of Topliss-reactive ketones (excluding diaryl/α,β-unsaturated/α-hetero) is 1. The zero-order valence-electron chi connectivity index (χ0n) is 15.2. The van der Waals surface area contributed by atoms with Gasteiger partial charge in [0.25, 0.3) is 0 Å². The Labute approximate surface area is 152 Å². The third-order valence-corrected chi connectivity index (χ3v) is 4.33. The van der Waals surface area contributed by atoms with Crippen LogP contribution in [0.15, 0.2) is 36.4 Å². The van der Waals surface area contributed by atoms with Gasteiger partial charge >= 0.3 is 0 Å². The molecule has 1 aromatic heterocycles. The number of aliphatic hydroxyl groups is 1. The highest BCUT2D eigenvalue weighted by Gasteiger charge is 2.23. The molecule has 136 valence electrons. The molecule has 2 aromatic carbocycles. The summed E-state index contributed by atoms with van der Waals surface area (Å²) >= 11 is 0. The molecular formula is C20H23N3O3. The minimum Gasteiger partial charge on any atom is -0.505 e. The number of phenols is 1. The van der Waals surface area contributed by atoms with Gasteiger partial charge in [-0.1, -0.05) is 39.0 Å². The number of carbonyl (C=O) groups is 1. The molecule has 0 saturated heterocycles. The highest BCUT2D eigenvalue weighted by Crippen LogP contribution is 2.36. The summed E-state index contributed by atoms with van der Waals surface area (Å²) in [7, 11) is 0. The Morgan fingerprint density at radius 1 is 1.12 bits per heavy atom. The van der Waals surface area contributed by atoms with Crippen LogP contribution in [0.4, 0.5) is 0 Å². The first-order valence-electron chi connectivity index (χ1n) is 8.61. The molecule has 0 atom stereocenters. The van der Waals surface area contributed by atoms with Crippen LogP contribution >= 0.6 is 0 Å². The van der Waals surface area contributed by atoms with E-state index in [-0.39, 0.29) is 23.4 Å². The predicted octanol–water partition coefficient (Wildman–Crippen LogP) is 2.92. The molecule has 0 saturated carbocycles. The van der Waals surface area contributed by atoms with Crippen molar-refractivity contribution in [1.82, 2.24) is 15.0 Å². The van der Waals surface area contributed by atoms with E-state index in [2.05, 4.69) is 10.2 Å². The summed E-state index contributed by atoms with van der Waals surface area (Å²) in [5.41, 5.74) is 3.34. The highest BCUT2D eigenvalue weighted by atomic mass is 16.3. The van der Waals surface area contributed by atoms with Gasteiger partial charge in [-0.2, -0.15) is 0 Å². The van der Waals surface area contributed by atoms with Crippen molar-refractivity contribution >= 4 is 16.8 Å². The van der Waals surface area contributed by atoms with Gasteiger partial charge < -0.3 is 10.2 Å². The number of hydrogen-bond donors (Lipinski definition) is 2. The number of fused-ring (bicyclic) bond motifs is 1. The monoisotopic (exact) mass is 353 g/mol. The first kappa shape index (κ1) is 18.1. The standard InChI is InChI=1S/C20H23N3O3/c1-20(2,3)15-10-13(8-9-14(25)12-24)11-18(19(15)26)23-21-16-6-4-5-7-17(16)22-23/h4-7,10-11,24,26H,8-9,12H2,1-3H3. The summed E-state index contributed by atoms with van der Waals surface area (Å²) in [6.07, 6.45) is 0.731. The number of phenolic OH excluding ortho intramolecular Hbond substituents is 1. The average molecular weight is 353 g/mol. The van der Waals surface area contributed by atoms with Crippen LogP contribution in [-0.4, -0.2) is 37.6 Å². The Bertz CT molecular complexity index is 922. The van der Waals surface area contributed by atoms with E-state index < -0.39 is 6.61 Å². The predicted molar refractivity (Wildman–Crippen MR) is 99.6 cm³/mol. The Balaban J connectivity index is 2.11. The van der Waals surface area contributed by atoms with Gasteiger partial charge in [-0.3, -0.25) is 4.79 Å².